The highest BCUT2D eigenvalue weighted by Crippen LogP contribution is 2.24. The van der Waals surface area contributed by atoms with Gasteiger partial charge in [-0.2, -0.15) is 0 Å². The van der Waals surface area contributed by atoms with Gasteiger partial charge in [-0.05, 0) is 37.0 Å². The van der Waals surface area contributed by atoms with Gasteiger partial charge < -0.3 is 10.5 Å². The molecule has 19 heavy (non-hydrogen) atoms. The molecule has 0 amide bonds. The van der Waals surface area contributed by atoms with Crippen molar-refractivity contribution in [2.75, 3.05) is 25.5 Å². The lowest BCUT2D eigenvalue weighted by atomic mass is 10.0. The predicted octanol–water partition coefficient (Wildman–Crippen LogP) is 1.63. The Kier molecular flexibility index (Phi) is 4.67. The van der Waals surface area contributed by atoms with Crippen molar-refractivity contribution in [2.24, 2.45) is 5.92 Å². The van der Waals surface area contributed by atoms with E-state index < -0.39 is 10.0 Å². The number of sulfonamides is 1. The van der Waals surface area contributed by atoms with E-state index in [1.807, 2.05) is 0 Å². The van der Waals surface area contributed by atoms with Crippen LogP contribution in [0.2, 0.25) is 5.02 Å². The number of hydrogen-bond donors (Lipinski definition) is 2. The number of nitrogen functional groups attached to an aromatic ring is 1. The van der Waals surface area contributed by atoms with Crippen molar-refractivity contribution >= 4 is 27.3 Å². The van der Waals surface area contributed by atoms with E-state index in [9.17, 15) is 8.42 Å². The van der Waals surface area contributed by atoms with Crippen LogP contribution in [0.15, 0.2) is 23.1 Å². The van der Waals surface area contributed by atoms with Gasteiger partial charge in [0.1, 0.15) is 4.90 Å². The second-order valence-electron chi connectivity index (χ2n) is 4.60. The Hall–Kier alpha value is -0.820. The molecule has 0 atom stereocenters. The van der Waals surface area contributed by atoms with Crippen LogP contribution in [0.4, 0.5) is 5.69 Å². The van der Waals surface area contributed by atoms with E-state index in [0.717, 1.165) is 12.8 Å². The maximum Gasteiger partial charge on any atom is 0.242 e. The number of hydrogen-bond acceptors (Lipinski definition) is 4. The molecule has 0 aromatic heterocycles. The third-order valence-electron chi connectivity index (χ3n) is 3.15. The van der Waals surface area contributed by atoms with Crippen LogP contribution in [-0.4, -0.2) is 28.2 Å². The maximum absolute atomic E-state index is 12.2. The Balaban J connectivity index is 2.07. The Labute approximate surface area is 118 Å². The standard InChI is InChI=1S/C12H17ClN2O3S/c13-11-2-1-10(14)7-12(11)19(16,17)15-8-9-3-5-18-6-4-9/h1-2,7,9,15H,3-6,8,14H2. The highest BCUT2D eigenvalue weighted by Gasteiger charge is 2.21. The average molecular weight is 305 g/mol. The fourth-order valence-corrected chi connectivity index (χ4v) is 3.63. The van der Waals surface area contributed by atoms with Crippen LogP contribution in [0.1, 0.15) is 12.8 Å². The molecule has 0 spiro atoms. The average Bonchev–Trinajstić information content (AvgIpc) is 2.40. The van der Waals surface area contributed by atoms with Gasteiger partial charge in [0, 0.05) is 25.4 Å². The minimum atomic E-state index is -3.62. The molecule has 2 rings (SSSR count). The Morgan fingerprint density at radius 3 is 2.74 bits per heavy atom. The van der Waals surface area contributed by atoms with Crippen molar-refractivity contribution in [3.8, 4) is 0 Å². The van der Waals surface area contributed by atoms with Gasteiger partial charge in [-0.15, -0.1) is 0 Å². The molecule has 0 radical (unpaired) electrons. The fraction of sp³-hybridized carbons (Fsp3) is 0.500. The number of ether oxygens (including phenoxy) is 1. The zero-order valence-electron chi connectivity index (χ0n) is 10.4. The van der Waals surface area contributed by atoms with Crippen molar-refractivity contribution in [3.05, 3.63) is 23.2 Å². The van der Waals surface area contributed by atoms with E-state index in [1.165, 1.54) is 12.1 Å². The molecular weight excluding hydrogens is 288 g/mol. The molecule has 0 saturated carbocycles. The summed E-state index contributed by atoms with van der Waals surface area (Å²) < 4.78 is 32.2. The molecule has 0 unspecified atom stereocenters. The van der Waals surface area contributed by atoms with Crippen LogP contribution in [0.3, 0.4) is 0 Å². The van der Waals surface area contributed by atoms with E-state index >= 15 is 0 Å². The summed E-state index contributed by atoms with van der Waals surface area (Å²) in [7, 11) is -3.62. The predicted molar refractivity (Wildman–Crippen MR) is 74.6 cm³/mol. The molecular formula is C12H17ClN2O3S. The Morgan fingerprint density at radius 1 is 1.37 bits per heavy atom. The van der Waals surface area contributed by atoms with Crippen LogP contribution in [0.25, 0.3) is 0 Å². The summed E-state index contributed by atoms with van der Waals surface area (Å²) >= 11 is 5.91. The van der Waals surface area contributed by atoms with Crippen molar-refractivity contribution in [2.45, 2.75) is 17.7 Å². The van der Waals surface area contributed by atoms with Gasteiger partial charge in [0.05, 0.1) is 5.02 Å². The highest BCUT2D eigenvalue weighted by atomic mass is 35.5. The first-order valence-electron chi connectivity index (χ1n) is 6.11. The number of rotatable bonds is 4. The van der Waals surface area contributed by atoms with Crippen molar-refractivity contribution in [3.63, 3.8) is 0 Å². The van der Waals surface area contributed by atoms with Gasteiger partial charge in [0.25, 0.3) is 0 Å². The van der Waals surface area contributed by atoms with Gasteiger partial charge in [-0.3, -0.25) is 0 Å². The molecule has 1 fully saturated rings. The molecule has 1 aromatic carbocycles. The second-order valence-corrected chi connectivity index (χ2v) is 6.74. The quantitative estimate of drug-likeness (QED) is 0.828. The van der Waals surface area contributed by atoms with E-state index in [0.29, 0.717) is 31.4 Å². The first kappa shape index (κ1) is 14.6. The van der Waals surface area contributed by atoms with Gasteiger partial charge >= 0.3 is 0 Å². The smallest absolute Gasteiger partial charge is 0.242 e. The van der Waals surface area contributed by atoms with Gasteiger partial charge in [0.15, 0.2) is 0 Å². The molecule has 1 saturated heterocycles. The first-order chi connectivity index (χ1) is 8.99. The zero-order valence-corrected chi connectivity index (χ0v) is 12.0. The second kappa shape index (κ2) is 6.09. The number of benzene rings is 1. The van der Waals surface area contributed by atoms with E-state index in [2.05, 4.69) is 4.72 Å². The van der Waals surface area contributed by atoms with Crippen LogP contribution in [-0.2, 0) is 14.8 Å². The summed E-state index contributed by atoms with van der Waals surface area (Å²) in [5, 5.41) is 0.175. The molecule has 3 N–H and O–H groups in total. The van der Waals surface area contributed by atoms with Crippen LogP contribution >= 0.6 is 11.6 Å². The normalized spacial score (nSPS) is 17.5. The van der Waals surface area contributed by atoms with E-state index in [4.69, 9.17) is 22.1 Å². The van der Waals surface area contributed by atoms with Gasteiger partial charge in [-0.1, -0.05) is 11.6 Å². The molecule has 1 aliphatic heterocycles. The SMILES string of the molecule is Nc1ccc(Cl)c(S(=O)(=O)NCC2CCOCC2)c1. The van der Waals surface area contributed by atoms with Crippen LogP contribution < -0.4 is 10.5 Å². The Morgan fingerprint density at radius 2 is 2.05 bits per heavy atom. The third kappa shape index (κ3) is 3.82. The number of anilines is 1. The lowest BCUT2D eigenvalue weighted by molar-refractivity contribution is 0.0678. The number of nitrogens with one attached hydrogen (secondary N) is 1. The largest absolute Gasteiger partial charge is 0.399 e. The summed E-state index contributed by atoms with van der Waals surface area (Å²) in [6, 6.07) is 4.42. The third-order valence-corrected chi connectivity index (χ3v) is 5.05. The monoisotopic (exact) mass is 304 g/mol. The highest BCUT2D eigenvalue weighted by molar-refractivity contribution is 7.89. The summed E-state index contributed by atoms with van der Waals surface area (Å²) in [4.78, 5) is 0.0289. The van der Waals surface area contributed by atoms with E-state index in [-0.39, 0.29) is 9.92 Å². The summed E-state index contributed by atoms with van der Waals surface area (Å²) in [5.41, 5.74) is 5.97. The molecule has 0 bridgehead atoms. The molecule has 5 nitrogen and oxygen atoms in total. The number of halogens is 1. The first-order valence-corrected chi connectivity index (χ1v) is 7.97. The lowest BCUT2D eigenvalue weighted by Crippen LogP contribution is -2.32. The number of nitrogens with two attached hydrogens (primary N) is 1. The Bertz CT molecular complexity index is 542. The van der Waals surface area contributed by atoms with E-state index in [1.54, 1.807) is 6.07 Å². The minimum Gasteiger partial charge on any atom is -0.399 e. The molecule has 106 valence electrons. The fourth-order valence-electron chi connectivity index (χ4n) is 1.98. The van der Waals surface area contributed by atoms with Crippen molar-refractivity contribution in [1.29, 1.82) is 0 Å². The van der Waals surface area contributed by atoms with Gasteiger partial charge in [-0.25, -0.2) is 13.1 Å². The molecule has 7 heteroatoms. The maximum atomic E-state index is 12.2. The van der Waals surface area contributed by atoms with Crippen LogP contribution in [0, 0.1) is 5.92 Å². The van der Waals surface area contributed by atoms with Crippen molar-refractivity contribution < 1.29 is 13.2 Å². The lowest BCUT2D eigenvalue weighted by Gasteiger charge is -2.22. The zero-order chi connectivity index (χ0) is 13.9. The van der Waals surface area contributed by atoms with Crippen molar-refractivity contribution in [1.82, 2.24) is 4.72 Å². The minimum absolute atomic E-state index is 0.0289. The topological polar surface area (TPSA) is 81.4 Å². The summed E-state index contributed by atoms with van der Waals surface area (Å²) in [5.74, 6) is 0.309. The van der Waals surface area contributed by atoms with Gasteiger partial charge in [0.2, 0.25) is 10.0 Å². The summed E-state index contributed by atoms with van der Waals surface area (Å²) in [6.07, 6.45) is 1.74. The molecule has 1 aliphatic rings. The summed E-state index contributed by atoms with van der Waals surface area (Å²) in [6.45, 7) is 1.77. The molecule has 0 aliphatic carbocycles. The van der Waals surface area contributed by atoms with Crippen LogP contribution in [0.5, 0.6) is 0 Å². The molecule has 1 heterocycles. The molecule has 1 aromatic rings.